The first-order chi connectivity index (χ1) is 9.13. The molecule has 2 rings (SSSR count). The number of amides is 1. The third kappa shape index (κ3) is 2.73. The molecule has 100 valence electrons. The van der Waals surface area contributed by atoms with Crippen molar-refractivity contribution in [3.8, 4) is 0 Å². The maximum absolute atomic E-state index is 12.0. The summed E-state index contributed by atoms with van der Waals surface area (Å²) in [5.41, 5.74) is 1.14. The summed E-state index contributed by atoms with van der Waals surface area (Å²) in [5, 5.41) is 15.6. The summed E-state index contributed by atoms with van der Waals surface area (Å²) in [6.07, 6.45) is 3.70. The smallest absolute Gasteiger partial charge is 0.308 e. The second kappa shape index (κ2) is 5.51. The zero-order valence-electron chi connectivity index (χ0n) is 10.5. The predicted molar refractivity (Wildman–Crippen MR) is 68.9 cm³/mol. The number of hydrogen-bond acceptors (Lipinski definition) is 3. The van der Waals surface area contributed by atoms with Crippen LogP contribution in [0.4, 0.5) is 0 Å². The first-order valence-corrected chi connectivity index (χ1v) is 6.07. The van der Waals surface area contributed by atoms with Gasteiger partial charge in [0.15, 0.2) is 0 Å². The van der Waals surface area contributed by atoms with Crippen molar-refractivity contribution in [2.75, 3.05) is 6.54 Å². The highest BCUT2D eigenvalue weighted by Gasteiger charge is 2.18. The lowest BCUT2D eigenvalue weighted by Crippen LogP contribution is -2.32. The molecular formula is C13H15N3O3. The molecule has 2 heterocycles. The van der Waals surface area contributed by atoms with Crippen LogP contribution in [0.5, 0.6) is 0 Å². The minimum absolute atomic E-state index is 0.120. The summed E-state index contributed by atoms with van der Waals surface area (Å²) in [6.45, 7) is 1.90. The summed E-state index contributed by atoms with van der Waals surface area (Å²) >= 11 is 0. The van der Waals surface area contributed by atoms with Crippen LogP contribution in [0.25, 0.3) is 5.52 Å². The van der Waals surface area contributed by atoms with Gasteiger partial charge in [0.1, 0.15) is 0 Å². The number of carbonyl (C=O) groups excluding carboxylic acids is 1. The van der Waals surface area contributed by atoms with E-state index in [4.69, 9.17) is 5.11 Å². The minimum atomic E-state index is -0.900. The molecule has 0 aliphatic carbocycles. The van der Waals surface area contributed by atoms with Gasteiger partial charge in [-0.3, -0.25) is 9.59 Å². The molecule has 2 N–H and O–H groups in total. The van der Waals surface area contributed by atoms with Gasteiger partial charge in [0.2, 0.25) is 0 Å². The summed E-state index contributed by atoms with van der Waals surface area (Å²) < 4.78 is 1.60. The van der Waals surface area contributed by atoms with Crippen LogP contribution in [0.15, 0.2) is 30.6 Å². The van der Waals surface area contributed by atoms with Gasteiger partial charge >= 0.3 is 5.97 Å². The van der Waals surface area contributed by atoms with E-state index in [9.17, 15) is 9.59 Å². The average molecular weight is 261 g/mol. The van der Waals surface area contributed by atoms with Gasteiger partial charge in [-0.2, -0.15) is 5.10 Å². The molecule has 0 saturated heterocycles. The minimum Gasteiger partial charge on any atom is -0.481 e. The monoisotopic (exact) mass is 261 g/mol. The van der Waals surface area contributed by atoms with Crippen molar-refractivity contribution in [3.63, 3.8) is 0 Å². The van der Waals surface area contributed by atoms with Gasteiger partial charge in [-0.25, -0.2) is 4.52 Å². The number of carboxylic acids is 1. The largest absolute Gasteiger partial charge is 0.481 e. The van der Waals surface area contributed by atoms with Gasteiger partial charge in [-0.05, 0) is 18.6 Å². The van der Waals surface area contributed by atoms with Crippen molar-refractivity contribution in [2.24, 2.45) is 5.92 Å². The van der Waals surface area contributed by atoms with Crippen LogP contribution < -0.4 is 5.32 Å². The fraction of sp³-hybridized carbons (Fsp3) is 0.308. The number of aromatic nitrogens is 2. The van der Waals surface area contributed by atoms with Gasteiger partial charge in [0, 0.05) is 12.7 Å². The van der Waals surface area contributed by atoms with Gasteiger partial charge < -0.3 is 10.4 Å². The topological polar surface area (TPSA) is 83.7 Å². The number of carbonyl (C=O) groups is 2. The van der Waals surface area contributed by atoms with Gasteiger partial charge in [0.05, 0.1) is 23.2 Å². The Morgan fingerprint density at radius 1 is 1.47 bits per heavy atom. The Morgan fingerprint density at radius 2 is 2.26 bits per heavy atom. The normalized spacial score (nSPS) is 12.3. The quantitative estimate of drug-likeness (QED) is 0.846. The number of nitrogens with zero attached hydrogens (tertiary/aromatic N) is 2. The highest BCUT2D eigenvalue weighted by molar-refractivity contribution is 6.00. The van der Waals surface area contributed by atoms with Crippen molar-refractivity contribution < 1.29 is 14.7 Å². The molecule has 1 unspecified atom stereocenters. The van der Waals surface area contributed by atoms with E-state index >= 15 is 0 Å². The van der Waals surface area contributed by atoms with Crippen molar-refractivity contribution in [2.45, 2.75) is 13.3 Å². The van der Waals surface area contributed by atoms with Crippen LogP contribution in [0, 0.1) is 5.92 Å². The Bertz CT molecular complexity index is 606. The van der Waals surface area contributed by atoms with Crippen LogP contribution >= 0.6 is 0 Å². The molecule has 0 aliphatic rings. The van der Waals surface area contributed by atoms with E-state index < -0.39 is 11.9 Å². The molecule has 0 saturated carbocycles. The van der Waals surface area contributed by atoms with Crippen LogP contribution in [0.2, 0.25) is 0 Å². The van der Waals surface area contributed by atoms with Gasteiger partial charge in [0.25, 0.3) is 5.91 Å². The molecule has 0 bridgehead atoms. The third-order valence-electron chi connectivity index (χ3n) is 3.02. The highest BCUT2D eigenvalue weighted by Crippen LogP contribution is 2.10. The molecule has 0 aromatic carbocycles. The van der Waals surface area contributed by atoms with Crippen LogP contribution in [-0.4, -0.2) is 33.1 Å². The SMILES string of the molecule is CCC(CNC(=O)c1cnn2ccccc12)C(=O)O. The molecule has 1 atom stereocenters. The predicted octanol–water partition coefficient (Wildman–Crippen LogP) is 1.17. The summed E-state index contributed by atoms with van der Waals surface area (Å²) in [6, 6.07) is 5.43. The second-order valence-corrected chi connectivity index (χ2v) is 4.24. The van der Waals surface area contributed by atoms with Crippen LogP contribution in [0.1, 0.15) is 23.7 Å². The number of rotatable bonds is 5. The van der Waals surface area contributed by atoms with Crippen LogP contribution in [0.3, 0.4) is 0 Å². The fourth-order valence-corrected chi connectivity index (χ4v) is 1.83. The fourth-order valence-electron chi connectivity index (χ4n) is 1.83. The Kier molecular flexibility index (Phi) is 3.79. The van der Waals surface area contributed by atoms with E-state index in [1.807, 2.05) is 12.1 Å². The molecule has 0 radical (unpaired) electrons. The molecule has 0 spiro atoms. The van der Waals surface area contributed by atoms with E-state index in [0.717, 1.165) is 0 Å². The first-order valence-electron chi connectivity index (χ1n) is 6.07. The molecule has 2 aromatic heterocycles. The van der Waals surface area contributed by atoms with Crippen molar-refractivity contribution in [1.82, 2.24) is 14.9 Å². The Labute approximate surface area is 110 Å². The average Bonchev–Trinajstić information content (AvgIpc) is 2.82. The number of carboxylic acid groups (broad SMARTS) is 1. The summed E-state index contributed by atoms with van der Waals surface area (Å²) in [4.78, 5) is 22.9. The standard InChI is InChI=1S/C13H15N3O3/c1-2-9(13(18)19)7-14-12(17)10-8-15-16-6-4-3-5-11(10)16/h3-6,8-9H,2,7H2,1H3,(H,14,17)(H,18,19). The van der Waals surface area contributed by atoms with E-state index in [0.29, 0.717) is 17.5 Å². The second-order valence-electron chi connectivity index (χ2n) is 4.24. The Balaban J connectivity index is 2.10. The lowest BCUT2D eigenvalue weighted by atomic mass is 10.1. The lowest BCUT2D eigenvalue weighted by Gasteiger charge is -2.10. The van der Waals surface area contributed by atoms with E-state index in [2.05, 4.69) is 10.4 Å². The summed E-state index contributed by atoms with van der Waals surface area (Å²) in [7, 11) is 0. The third-order valence-corrected chi connectivity index (χ3v) is 3.02. The van der Waals surface area contributed by atoms with Crippen molar-refractivity contribution in [1.29, 1.82) is 0 Å². The summed E-state index contributed by atoms with van der Waals surface area (Å²) in [5.74, 6) is -1.77. The molecule has 1 amide bonds. The highest BCUT2D eigenvalue weighted by atomic mass is 16.4. The number of fused-ring (bicyclic) bond motifs is 1. The number of nitrogens with one attached hydrogen (secondary N) is 1. The molecule has 2 aromatic rings. The van der Waals surface area contributed by atoms with Crippen molar-refractivity contribution in [3.05, 3.63) is 36.2 Å². The maximum atomic E-state index is 12.0. The van der Waals surface area contributed by atoms with E-state index in [-0.39, 0.29) is 12.5 Å². The van der Waals surface area contributed by atoms with Gasteiger partial charge in [-0.15, -0.1) is 0 Å². The van der Waals surface area contributed by atoms with E-state index in [1.165, 1.54) is 6.20 Å². The van der Waals surface area contributed by atoms with Crippen LogP contribution in [-0.2, 0) is 4.79 Å². The molecule has 6 nitrogen and oxygen atoms in total. The van der Waals surface area contributed by atoms with Crippen molar-refractivity contribution >= 4 is 17.4 Å². The van der Waals surface area contributed by atoms with Gasteiger partial charge in [-0.1, -0.05) is 13.0 Å². The lowest BCUT2D eigenvalue weighted by molar-refractivity contribution is -0.141. The Hall–Kier alpha value is -2.37. The molecule has 0 fully saturated rings. The molecule has 0 aliphatic heterocycles. The maximum Gasteiger partial charge on any atom is 0.308 e. The number of aliphatic carboxylic acids is 1. The van der Waals surface area contributed by atoms with E-state index in [1.54, 1.807) is 23.7 Å². The first kappa shape index (κ1) is 13.1. The zero-order chi connectivity index (χ0) is 13.8. The zero-order valence-corrected chi connectivity index (χ0v) is 10.5. The molecule has 6 heteroatoms. The Morgan fingerprint density at radius 3 is 2.95 bits per heavy atom. The molecular weight excluding hydrogens is 246 g/mol. The number of pyridine rings is 1. The number of hydrogen-bond donors (Lipinski definition) is 2. The molecule has 19 heavy (non-hydrogen) atoms.